The summed E-state index contributed by atoms with van der Waals surface area (Å²) in [4.78, 5) is 12.0. The van der Waals surface area contributed by atoms with Gasteiger partial charge in [0.15, 0.2) is 5.43 Å². The van der Waals surface area contributed by atoms with Crippen molar-refractivity contribution in [3.05, 3.63) is 63.1 Å². The Labute approximate surface area is 117 Å². The number of pyridine rings is 1. The molecule has 3 nitrogen and oxygen atoms in total. The van der Waals surface area contributed by atoms with Crippen LogP contribution in [0.15, 0.2) is 35.3 Å². The average molecular weight is 272 g/mol. The summed E-state index contributed by atoms with van der Waals surface area (Å²) >= 11 is 4.93. The maximum atomic E-state index is 11.8. The summed E-state index contributed by atoms with van der Waals surface area (Å²) in [5.41, 5.74) is 10.0. The molecule has 1 aromatic heterocycles. The number of hydrogen-bond donors (Lipinski definition) is 1. The van der Waals surface area contributed by atoms with Gasteiger partial charge < -0.3 is 10.3 Å². The first-order valence-corrected chi connectivity index (χ1v) is 6.41. The maximum absolute atomic E-state index is 11.8. The fraction of sp³-hybridized carbons (Fsp3) is 0.200. The van der Waals surface area contributed by atoms with Crippen LogP contribution in [0, 0.1) is 20.8 Å². The molecule has 2 rings (SSSR count). The molecule has 2 N–H and O–H groups in total. The van der Waals surface area contributed by atoms with Crippen molar-refractivity contribution in [3.63, 3.8) is 0 Å². The van der Waals surface area contributed by atoms with Gasteiger partial charge in [-0.3, -0.25) is 4.79 Å². The van der Waals surface area contributed by atoms with Gasteiger partial charge in [-0.1, -0.05) is 24.4 Å². The Kier molecular flexibility index (Phi) is 3.53. The van der Waals surface area contributed by atoms with E-state index in [4.69, 9.17) is 18.0 Å². The summed E-state index contributed by atoms with van der Waals surface area (Å²) in [6, 6.07) is 7.76. The van der Waals surface area contributed by atoms with Crippen molar-refractivity contribution in [2.45, 2.75) is 20.8 Å². The summed E-state index contributed by atoms with van der Waals surface area (Å²) in [5.74, 6) is 0. The lowest BCUT2D eigenvalue weighted by Gasteiger charge is -2.15. The molecule has 0 spiro atoms. The number of thiocarbonyl (C=S) groups is 1. The molecule has 4 heteroatoms. The molecule has 0 saturated heterocycles. The molecule has 0 radical (unpaired) electrons. The standard InChI is InChI=1S/C15H16N2OS/c1-9-4-5-10(2)13(6-9)17-8-12(15(16)19)14(18)7-11(17)3/h4-8H,1-3H3,(H2,16,19). The number of benzene rings is 1. The minimum atomic E-state index is -0.133. The molecular weight excluding hydrogens is 256 g/mol. The Morgan fingerprint density at radius 1 is 1.21 bits per heavy atom. The van der Waals surface area contributed by atoms with Gasteiger partial charge in [0, 0.05) is 23.6 Å². The lowest BCUT2D eigenvalue weighted by atomic mass is 10.1. The minimum absolute atomic E-state index is 0.129. The summed E-state index contributed by atoms with van der Waals surface area (Å²) in [6.45, 7) is 5.97. The Hall–Kier alpha value is -1.94. The maximum Gasteiger partial charge on any atom is 0.192 e. The highest BCUT2D eigenvalue weighted by molar-refractivity contribution is 7.80. The van der Waals surface area contributed by atoms with E-state index in [-0.39, 0.29) is 10.4 Å². The smallest absolute Gasteiger partial charge is 0.192 e. The van der Waals surface area contributed by atoms with Gasteiger partial charge in [-0.2, -0.15) is 0 Å². The molecule has 0 aliphatic rings. The van der Waals surface area contributed by atoms with Crippen LogP contribution in [0.5, 0.6) is 0 Å². The van der Waals surface area contributed by atoms with Gasteiger partial charge >= 0.3 is 0 Å². The molecular formula is C15H16N2OS. The fourth-order valence-corrected chi connectivity index (χ4v) is 2.21. The summed E-state index contributed by atoms with van der Waals surface area (Å²) < 4.78 is 1.96. The van der Waals surface area contributed by atoms with E-state index < -0.39 is 0 Å². The third kappa shape index (κ3) is 2.58. The quantitative estimate of drug-likeness (QED) is 0.854. The number of hydrogen-bond acceptors (Lipinski definition) is 2. The second-order valence-electron chi connectivity index (χ2n) is 4.72. The van der Waals surface area contributed by atoms with E-state index in [0.29, 0.717) is 5.56 Å². The number of aromatic nitrogens is 1. The number of nitrogens with two attached hydrogens (primary N) is 1. The van der Waals surface area contributed by atoms with Crippen LogP contribution < -0.4 is 11.2 Å². The SMILES string of the molecule is Cc1ccc(C)c(-n2cc(C(N)=S)c(=O)cc2C)c1. The van der Waals surface area contributed by atoms with Gasteiger partial charge in [-0.25, -0.2) is 0 Å². The second kappa shape index (κ2) is 4.97. The zero-order valence-corrected chi connectivity index (χ0v) is 12.0. The highest BCUT2D eigenvalue weighted by atomic mass is 32.1. The summed E-state index contributed by atoms with van der Waals surface area (Å²) in [7, 11) is 0. The highest BCUT2D eigenvalue weighted by Crippen LogP contribution is 2.17. The second-order valence-corrected chi connectivity index (χ2v) is 5.16. The molecule has 0 fully saturated rings. The lowest BCUT2D eigenvalue weighted by Crippen LogP contribution is -2.23. The van der Waals surface area contributed by atoms with Crippen molar-refractivity contribution in [1.29, 1.82) is 0 Å². The fourth-order valence-electron chi connectivity index (χ4n) is 2.06. The largest absolute Gasteiger partial charge is 0.389 e. The van der Waals surface area contributed by atoms with Crippen molar-refractivity contribution >= 4 is 17.2 Å². The lowest BCUT2D eigenvalue weighted by molar-refractivity contribution is 0.957. The van der Waals surface area contributed by atoms with Crippen molar-refractivity contribution in [2.75, 3.05) is 0 Å². The molecule has 1 aromatic carbocycles. The van der Waals surface area contributed by atoms with Crippen LogP contribution in [0.4, 0.5) is 0 Å². The Morgan fingerprint density at radius 2 is 1.89 bits per heavy atom. The first kappa shape index (κ1) is 13.5. The van der Waals surface area contributed by atoms with E-state index in [2.05, 4.69) is 18.2 Å². The van der Waals surface area contributed by atoms with E-state index in [0.717, 1.165) is 22.5 Å². The third-order valence-electron chi connectivity index (χ3n) is 3.13. The van der Waals surface area contributed by atoms with E-state index >= 15 is 0 Å². The molecule has 1 heterocycles. The van der Waals surface area contributed by atoms with Gasteiger partial charge in [0.2, 0.25) is 0 Å². The first-order valence-electron chi connectivity index (χ1n) is 6.01. The number of aryl methyl sites for hydroxylation is 3. The minimum Gasteiger partial charge on any atom is -0.389 e. The predicted octanol–water partition coefficient (Wildman–Crippen LogP) is 2.40. The van der Waals surface area contributed by atoms with Crippen LogP contribution in [0.25, 0.3) is 5.69 Å². The van der Waals surface area contributed by atoms with Gasteiger partial charge in [0.1, 0.15) is 4.99 Å². The average Bonchev–Trinajstić information content (AvgIpc) is 2.32. The van der Waals surface area contributed by atoms with E-state index in [1.165, 1.54) is 0 Å². The normalized spacial score (nSPS) is 10.5. The molecule has 0 unspecified atom stereocenters. The summed E-state index contributed by atoms with van der Waals surface area (Å²) in [6.07, 6.45) is 1.72. The van der Waals surface area contributed by atoms with Gasteiger partial charge in [-0.15, -0.1) is 0 Å². The van der Waals surface area contributed by atoms with Crippen molar-refractivity contribution in [1.82, 2.24) is 4.57 Å². The van der Waals surface area contributed by atoms with Crippen LogP contribution in [0.1, 0.15) is 22.4 Å². The third-order valence-corrected chi connectivity index (χ3v) is 3.35. The zero-order valence-electron chi connectivity index (χ0n) is 11.2. The molecule has 0 saturated carbocycles. The zero-order chi connectivity index (χ0) is 14.2. The van der Waals surface area contributed by atoms with E-state index in [9.17, 15) is 4.79 Å². The molecule has 0 bridgehead atoms. The molecule has 0 atom stereocenters. The van der Waals surface area contributed by atoms with Crippen molar-refractivity contribution in [2.24, 2.45) is 5.73 Å². The van der Waals surface area contributed by atoms with Crippen LogP contribution >= 0.6 is 12.2 Å². The summed E-state index contributed by atoms with van der Waals surface area (Å²) in [5, 5.41) is 0. The predicted molar refractivity (Wildman–Crippen MR) is 82.1 cm³/mol. The molecule has 98 valence electrons. The van der Waals surface area contributed by atoms with Crippen LogP contribution in [-0.4, -0.2) is 9.56 Å². The molecule has 2 aromatic rings. The molecule has 0 amide bonds. The molecule has 0 aliphatic heterocycles. The Morgan fingerprint density at radius 3 is 2.53 bits per heavy atom. The van der Waals surface area contributed by atoms with Crippen LogP contribution in [0.2, 0.25) is 0 Å². The number of nitrogens with zero attached hydrogens (tertiary/aromatic N) is 1. The Bertz CT molecular complexity index is 717. The topological polar surface area (TPSA) is 48.0 Å². The van der Waals surface area contributed by atoms with Gasteiger partial charge in [-0.05, 0) is 38.0 Å². The molecule has 0 aliphatic carbocycles. The number of rotatable bonds is 2. The van der Waals surface area contributed by atoms with Crippen molar-refractivity contribution in [3.8, 4) is 5.69 Å². The van der Waals surface area contributed by atoms with Crippen molar-refractivity contribution < 1.29 is 0 Å². The van der Waals surface area contributed by atoms with Crippen LogP contribution in [-0.2, 0) is 0 Å². The highest BCUT2D eigenvalue weighted by Gasteiger charge is 2.09. The first-order chi connectivity index (χ1) is 8.90. The molecule has 19 heavy (non-hydrogen) atoms. The van der Waals surface area contributed by atoms with E-state index in [1.807, 2.05) is 25.3 Å². The van der Waals surface area contributed by atoms with E-state index in [1.54, 1.807) is 12.3 Å². The van der Waals surface area contributed by atoms with Gasteiger partial charge in [0.05, 0.1) is 5.56 Å². The van der Waals surface area contributed by atoms with Gasteiger partial charge in [0.25, 0.3) is 0 Å². The Balaban J connectivity index is 2.75. The van der Waals surface area contributed by atoms with Crippen LogP contribution in [0.3, 0.4) is 0 Å². The monoisotopic (exact) mass is 272 g/mol.